The highest BCUT2D eigenvalue weighted by Gasteiger charge is 2.26. The van der Waals surface area contributed by atoms with E-state index >= 15 is 0 Å². The van der Waals surface area contributed by atoms with Crippen LogP contribution in [0.5, 0.6) is 5.75 Å². The number of aliphatic imine (C=N–C) groups is 1. The number of hydrogen-bond acceptors (Lipinski definition) is 6. The molecular weight excluding hydrogens is 332 g/mol. The van der Waals surface area contributed by atoms with Crippen LogP contribution in [-0.4, -0.2) is 48.5 Å². The zero-order valence-electron chi connectivity index (χ0n) is 12.1. The molecule has 0 amide bonds. The first kappa shape index (κ1) is 18.0. The van der Waals surface area contributed by atoms with Gasteiger partial charge in [0.25, 0.3) is 0 Å². The average Bonchev–Trinajstić information content (AvgIpc) is 2.33. The van der Waals surface area contributed by atoms with Gasteiger partial charge in [0.2, 0.25) is 20.0 Å². The van der Waals surface area contributed by atoms with Gasteiger partial charge in [0, 0.05) is 0 Å². The van der Waals surface area contributed by atoms with E-state index in [2.05, 4.69) is 4.99 Å². The molecule has 124 valence electrons. The van der Waals surface area contributed by atoms with Gasteiger partial charge in [-0.3, -0.25) is 4.99 Å². The summed E-state index contributed by atoms with van der Waals surface area (Å²) < 4.78 is 52.1. The van der Waals surface area contributed by atoms with E-state index in [1.165, 1.54) is 24.3 Å². The third-order valence-electron chi connectivity index (χ3n) is 2.30. The molecule has 0 radical (unpaired) electrons. The minimum absolute atomic E-state index is 0.00146. The van der Waals surface area contributed by atoms with Gasteiger partial charge in [-0.15, -0.1) is 0 Å². The third kappa shape index (κ3) is 5.41. The molecule has 0 aliphatic rings. The van der Waals surface area contributed by atoms with E-state index in [9.17, 15) is 16.8 Å². The number of nitrogens with zero attached hydrogens (tertiary/aromatic N) is 2. The number of sulfonamides is 2. The molecule has 22 heavy (non-hydrogen) atoms. The van der Waals surface area contributed by atoms with Crippen molar-refractivity contribution in [1.82, 2.24) is 0 Å². The fourth-order valence-corrected chi connectivity index (χ4v) is 4.61. The second-order valence-electron chi connectivity index (χ2n) is 4.37. The topological polar surface area (TPSA) is 145 Å². The van der Waals surface area contributed by atoms with Crippen LogP contribution in [0.4, 0.5) is 5.69 Å². The Labute approximate surface area is 129 Å². The monoisotopic (exact) mass is 350 g/mol. The summed E-state index contributed by atoms with van der Waals surface area (Å²) in [5.74, 6) is 0.382. The predicted octanol–water partition coefficient (Wildman–Crippen LogP) is -0.936. The maximum atomic E-state index is 11.6. The lowest BCUT2D eigenvalue weighted by molar-refractivity contribution is 0.329. The molecule has 0 spiro atoms. The molecule has 0 fully saturated rings. The van der Waals surface area contributed by atoms with Crippen molar-refractivity contribution in [2.45, 2.75) is 0 Å². The van der Waals surface area contributed by atoms with E-state index in [1.807, 2.05) is 0 Å². The Morgan fingerprint density at radius 3 is 2.00 bits per heavy atom. The molecule has 0 aromatic heterocycles. The molecule has 0 atom stereocenters. The highest BCUT2D eigenvalue weighted by Crippen LogP contribution is 2.23. The molecule has 11 heteroatoms. The number of rotatable bonds is 7. The highest BCUT2D eigenvalue weighted by atomic mass is 32.3. The van der Waals surface area contributed by atoms with Crippen molar-refractivity contribution in [2.75, 3.05) is 29.4 Å². The molecule has 1 rings (SSSR count). The van der Waals surface area contributed by atoms with Gasteiger partial charge < -0.3 is 16.2 Å². The van der Waals surface area contributed by atoms with Crippen molar-refractivity contribution in [3.05, 3.63) is 24.3 Å². The van der Waals surface area contributed by atoms with Crippen LogP contribution < -0.4 is 19.9 Å². The quantitative estimate of drug-likeness (QED) is 0.367. The van der Waals surface area contributed by atoms with Gasteiger partial charge in [-0.05, 0) is 24.3 Å². The summed E-state index contributed by atoms with van der Waals surface area (Å²) in [4.78, 5) is 3.73. The maximum absolute atomic E-state index is 11.6. The minimum atomic E-state index is -3.96. The zero-order chi connectivity index (χ0) is 17.0. The number of guanidine groups is 1. The summed E-state index contributed by atoms with van der Waals surface area (Å²) in [5.41, 5.74) is 10.3. The van der Waals surface area contributed by atoms with Crippen molar-refractivity contribution in [3.8, 4) is 5.75 Å². The van der Waals surface area contributed by atoms with Crippen molar-refractivity contribution >= 4 is 31.7 Å². The van der Waals surface area contributed by atoms with E-state index in [1.54, 1.807) is 0 Å². The summed E-state index contributed by atoms with van der Waals surface area (Å²) >= 11 is 0. The van der Waals surface area contributed by atoms with Crippen molar-refractivity contribution in [3.63, 3.8) is 0 Å². The van der Waals surface area contributed by atoms with Gasteiger partial charge in [0.1, 0.15) is 12.4 Å². The van der Waals surface area contributed by atoms with Crippen LogP contribution in [0.1, 0.15) is 0 Å². The van der Waals surface area contributed by atoms with Gasteiger partial charge in [0.15, 0.2) is 5.96 Å². The molecule has 1 aromatic rings. The molecule has 0 heterocycles. The average molecular weight is 350 g/mol. The summed E-state index contributed by atoms with van der Waals surface area (Å²) in [6, 6.07) is 5.57. The molecule has 0 bridgehead atoms. The molecule has 0 unspecified atom stereocenters. The Kier molecular flexibility index (Phi) is 5.60. The number of nitrogens with two attached hydrogens (primary N) is 2. The predicted molar refractivity (Wildman–Crippen MR) is 84.8 cm³/mol. The maximum Gasteiger partial charge on any atom is 0.245 e. The normalized spacial score (nSPS) is 11.7. The van der Waals surface area contributed by atoms with Crippen LogP contribution in [0, 0.1) is 0 Å². The standard InChI is InChI=1S/C11H18N4O5S2/c1-21(16,17)15(22(2,18)19)9-3-5-10(6-4-9)20-8-7-14-11(12)13/h3-6H,7-8H2,1-2H3,(H4,12,13,14). The Morgan fingerprint density at radius 1 is 1.09 bits per heavy atom. The molecule has 0 saturated heterocycles. The summed E-state index contributed by atoms with van der Waals surface area (Å²) in [6.45, 7) is 0.488. The van der Waals surface area contributed by atoms with Gasteiger partial charge in [-0.2, -0.15) is 3.71 Å². The SMILES string of the molecule is CS(=O)(=O)N(c1ccc(OCCN=C(N)N)cc1)S(C)(=O)=O. The zero-order valence-corrected chi connectivity index (χ0v) is 13.8. The third-order valence-corrected chi connectivity index (χ3v) is 5.56. The van der Waals surface area contributed by atoms with Gasteiger partial charge >= 0.3 is 0 Å². The van der Waals surface area contributed by atoms with Crippen LogP contribution >= 0.6 is 0 Å². The first-order valence-corrected chi connectivity index (χ1v) is 9.70. The largest absolute Gasteiger partial charge is 0.492 e. The van der Waals surface area contributed by atoms with Gasteiger partial charge in [0.05, 0.1) is 24.7 Å². The smallest absolute Gasteiger partial charge is 0.245 e. The molecular formula is C11H18N4O5S2. The van der Waals surface area contributed by atoms with Crippen LogP contribution in [-0.2, 0) is 20.0 Å². The second-order valence-corrected chi connectivity index (χ2v) is 8.27. The highest BCUT2D eigenvalue weighted by molar-refractivity contribution is 8.09. The summed E-state index contributed by atoms with van der Waals surface area (Å²) in [5, 5.41) is 0. The van der Waals surface area contributed by atoms with E-state index in [0.29, 0.717) is 9.46 Å². The van der Waals surface area contributed by atoms with Crippen LogP contribution in [0.15, 0.2) is 29.3 Å². The second kappa shape index (κ2) is 6.83. The summed E-state index contributed by atoms with van der Waals surface area (Å²) in [6.07, 6.45) is 1.63. The van der Waals surface area contributed by atoms with Crippen LogP contribution in [0.3, 0.4) is 0 Å². The Bertz CT molecular complexity index is 705. The van der Waals surface area contributed by atoms with Crippen molar-refractivity contribution < 1.29 is 21.6 Å². The molecule has 4 N–H and O–H groups in total. The number of hydrogen-bond donors (Lipinski definition) is 2. The number of anilines is 1. The van der Waals surface area contributed by atoms with Crippen LogP contribution in [0.2, 0.25) is 0 Å². The lowest BCUT2D eigenvalue weighted by atomic mass is 10.3. The first-order chi connectivity index (χ1) is 10.0. The lowest BCUT2D eigenvalue weighted by Crippen LogP contribution is -2.35. The first-order valence-electron chi connectivity index (χ1n) is 6.00. The lowest BCUT2D eigenvalue weighted by Gasteiger charge is -2.19. The fraction of sp³-hybridized carbons (Fsp3) is 0.364. The van der Waals surface area contributed by atoms with Gasteiger partial charge in [-0.25, -0.2) is 16.8 Å². The van der Waals surface area contributed by atoms with E-state index < -0.39 is 20.0 Å². The van der Waals surface area contributed by atoms with Gasteiger partial charge in [-0.1, -0.05) is 0 Å². The van der Waals surface area contributed by atoms with E-state index in [4.69, 9.17) is 16.2 Å². The van der Waals surface area contributed by atoms with E-state index in [-0.39, 0.29) is 24.8 Å². The molecule has 0 aliphatic carbocycles. The molecule has 0 aliphatic heterocycles. The van der Waals surface area contributed by atoms with Crippen molar-refractivity contribution in [1.29, 1.82) is 0 Å². The molecule has 9 nitrogen and oxygen atoms in total. The minimum Gasteiger partial charge on any atom is -0.492 e. The Hall–Kier alpha value is -2.01. The number of benzene rings is 1. The van der Waals surface area contributed by atoms with Crippen molar-refractivity contribution in [2.24, 2.45) is 16.5 Å². The Morgan fingerprint density at radius 2 is 1.59 bits per heavy atom. The Balaban J connectivity index is 2.89. The number of ether oxygens (including phenoxy) is 1. The van der Waals surface area contributed by atoms with Crippen LogP contribution in [0.25, 0.3) is 0 Å². The fourth-order valence-electron chi connectivity index (χ4n) is 1.63. The molecule has 1 aromatic carbocycles. The molecule has 0 saturated carbocycles. The van der Waals surface area contributed by atoms with E-state index in [0.717, 1.165) is 12.5 Å². The summed E-state index contributed by atoms with van der Waals surface area (Å²) in [7, 11) is -7.92.